The highest BCUT2D eigenvalue weighted by Gasteiger charge is 2.38. The van der Waals surface area contributed by atoms with E-state index in [9.17, 15) is 0 Å². The van der Waals surface area contributed by atoms with Crippen molar-refractivity contribution in [3.63, 3.8) is 0 Å². The van der Waals surface area contributed by atoms with E-state index in [1.54, 1.807) is 0 Å². The summed E-state index contributed by atoms with van der Waals surface area (Å²) in [5, 5.41) is 2.46. The van der Waals surface area contributed by atoms with Gasteiger partial charge in [0.25, 0.3) is 0 Å². The van der Waals surface area contributed by atoms with Gasteiger partial charge in [-0.25, -0.2) is 0 Å². The Morgan fingerprint density at radius 1 is 0.288 bits per heavy atom. The Morgan fingerprint density at radius 2 is 0.746 bits per heavy atom. The van der Waals surface area contributed by atoms with Crippen molar-refractivity contribution in [2.75, 3.05) is 4.90 Å². The summed E-state index contributed by atoms with van der Waals surface area (Å²) >= 11 is 0. The standard InChI is InChI=1S/C58H45N/c1-57(2)52-25-15-13-23-46(52)48-31-29-44(36-54(48)57)59(45-30-32-49-47-24-14-16-26-53(47)58(3,4)55(49)37-45)56-50(40-20-9-6-10-21-40)34-43(38-17-7-5-8-18-38)35-51(56)42-28-27-39-19-11-12-22-41(39)33-42/h5-37H,1-4H3. The van der Waals surface area contributed by atoms with Crippen molar-refractivity contribution in [1.82, 2.24) is 0 Å². The fourth-order valence-electron chi connectivity index (χ4n) is 10.2. The first-order valence-corrected chi connectivity index (χ1v) is 20.8. The minimum Gasteiger partial charge on any atom is -0.309 e. The fourth-order valence-corrected chi connectivity index (χ4v) is 10.2. The van der Waals surface area contributed by atoms with Crippen LogP contribution in [0.1, 0.15) is 49.9 Å². The first-order valence-electron chi connectivity index (χ1n) is 20.8. The van der Waals surface area contributed by atoms with Crippen LogP contribution in [0.15, 0.2) is 200 Å². The highest BCUT2D eigenvalue weighted by atomic mass is 15.1. The first-order chi connectivity index (χ1) is 28.8. The molecule has 1 nitrogen and oxygen atoms in total. The molecule has 0 heterocycles. The molecule has 0 saturated carbocycles. The predicted molar refractivity (Wildman–Crippen MR) is 250 cm³/mol. The van der Waals surface area contributed by atoms with Gasteiger partial charge in [-0.1, -0.05) is 185 Å². The minimum atomic E-state index is -0.157. The van der Waals surface area contributed by atoms with E-state index in [-0.39, 0.29) is 10.8 Å². The summed E-state index contributed by atoms with van der Waals surface area (Å²) in [7, 11) is 0. The van der Waals surface area contributed by atoms with Gasteiger partial charge in [-0.3, -0.25) is 0 Å². The van der Waals surface area contributed by atoms with Crippen molar-refractivity contribution >= 4 is 27.8 Å². The molecular formula is C58H45N. The van der Waals surface area contributed by atoms with Gasteiger partial charge in [-0.15, -0.1) is 0 Å². The van der Waals surface area contributed by atoms with Crippen molar-refractivity contribution in [2.45, 2.75) is 38.5 Å². The maximum Gasteiger partial charge on any atom is 0.0618 e. The SMILES string of the molecule is CC1(C)c2ccccc2-c2ccc(N(c3ccc4c(c3)C(C)(C)c3ccccc3-4)c3c(-c4ccccc4)cc(-c4ccccc4)cc3-c3ccc4ccccc4c3)cc21. The molecule has 2 aliphatic carbocycles. The largest absolute Gasteiger partial charge is 0.309 e. The van der Waals surface area contributed by atoms with E-state index < -0.39 is 0 Å². The second kappa shape index (κ2) is 13.3. The van der Waals surface area contributed by atoms with Crippen LogP contribution in [0.2, 0.25) is 0 Å². The normalized spacial score (nSPS) is 14.0. The lowest BCUT2D eigenvalue weighted by Gasteiger charge is -2.33. The van der Waals surface area contributed by atoms with Gasteiger partial charge >= 0.3 is 0 Å². The van der Waals surface area contributed by atoms with Crippen molar-refractivity contribution < 1.29 is 0 Å². The van der Waals surface area contributed by atoms with E-state index in [0.717, 1.165) is 17.1 Å². The zero-order chi connectivity index (χ0) is 39.9. The molecule has 0 unspecified atom stereocenters. The zero-order valence-corrected chi connectivity index (χ0v) is 34.0. The van der Waals surface area contributed by atoms with Gasteiger partial charge in [0, 0.05) is 33.3 Å². The van der Waals surface area contributed by atoms with Gasteiger partial charge in [0.1, 0.15) is 0 Å². The van der Waals surface area contributed by atoms with E-state index in [4.69, 9.17) is 0 Å². The van der Waals surface area contributed by atoms with Crippen LogP contribution in [0.3, 0.4) is 0 Å². The summed E-state index contributed by atoms with van der Waals surface area (Å²) in [5.74, 6) is 0. The lowest BCUT2D eigenvalue weighted by atomic mass is 9.82. The van der Waals surface area contributed by atoms with Gasteiger partial charge in [-0.05, 0) is 120 Å². The van der Waals surface area contributed by atoms with Gasteiger partial charge < -0.3 is 4.90 Å². The third kappa shape index (κ3) is 5.53. The van der Waals surface area contributed by atoms with Crippen LogP contribution in [-0.2, 0) is 10.8 Å². The molecule has 0 bridgehead atoms. The third-order valence-electron chi connectivity index (χ3n) is 13.2. The Bertz CT molecular complexity index is 2990. The zero-order valence-electron chi connectivity index (χ0n) is 34.0. The lowest BCUT2D eigenvalue weighted by Crippen LogP contribution is -2.18. The second-order valence-corrected chi connectivity index (χ2v) is 17.4. The summed E-state index contributed by atoms with van der Waals surface area (Å²) in [5.41, 5.74) is 21.0. The van der Waals surface area contributed by atoms with Gasteiger partial charge in [0.15, 0.2) is 0 Å². The maximum absolute atomic E-state index is 2.57. The van der Waals surface area contributed by atoms with E-state index >= 15 is 0 Å². The summed E-state index contributed by atoms with van der Waals surface area (Å²) in [4.78, 5) is 2.57. The number of nitrogens with zero attached hydrogens (tertiary/aromatic N) is 1. The molecule has 0 N–H and O–H groups in total. The smallest absolute Gasteiger partial charge is 0.0618 e. The van der Waals surface area contributed by atoms with Crippen LogP contribution in [0.5, 0.6) is 0 Å². The molecule has 0 aromatic heterocycles. The minimum absolute atomic E-state index is 0.157. The summed E-state index contributed by atoms with van der Waals surface area (Å²) in [6.07, 6.45) is 0. The van der Waals surface area contributed by atoms with E-state index in [0.29, 0.717) is 0 Å². The molecule has 0 radical (unpaired) electrons. The van der Waals surface area contributed by atoms with Crippen LogP contribution < -0.4 is 4.90 Å². The fraction of sp³-hybridized carbons (Fsp3) is 0.103. The number of fused-ring (bicyclic) bond motifs is 7. The average Bonchev–Trinajstić information content (AvgIpc) is 3.66. The highest BCUT2D eigenvalue weighted by molar-refractivity contribution is 6.02. The van der Waals surface area contributed by atoms with Crippen LogP contribution >= 0.6 is 0 Å². The molecule has 0 saturated heterocycles. The van der Waals surface area contributed by atoms with Crippen LogP contribution in [-0.4, -0.2) is 0 Å². The quantitative estimate of drug-likeness (QED) is 0.163. The molecule has 0 atom stereocenters. The van der Waals surface area contributed by atoms with Crippen molar-refractivity contribution in [3.8, 4) is 55.6 Å². The first kappa shape index (κ1) is 35.2. The lowest BCUT2D eigenvalue weighted by molar-refractivity contribution is 0.660. The number of hydrogen-bond donors (Lipinski definition) is 0. The number of benzene rings is 9. The molecule has 0 amide bonds. The Kier molecular flexibility index (Phi) is 7.94. The maximum atomic E-state index is 2.57. The monoisotopic (exact) mass is 755 g/mol. The van der Waals surface area contributed by atoms with E-state index in [2.05, 4.69) is 233 Å². The molecule has 9 aromatic carbocycles. The van der Waals surface area contributed by atoms with Gasteiger partial charge in [0.05, 0.1) is 5.69 Å². The Morgan fingerprint density at radius 3 is 1.32 bits per heavy atom. The van der Waals surface area contributed by atoms with Crippen molar-refractivity contribution in [1.29, 1.82) is 0 Å². The van der Waals surface area contributed by atoms with E-state index in [1.807, 2.05) is 0 Å². The van der Waals surface area contributed by atoms with Gasteiger partial charge in [0.2, 0.25) is 0 Å². The second-order valence-electron chi connectivity index (χ2n) is 17.4. The summed E-state index contributed by atoms with van der Waals surface area (Å²) in [6.45, 7) is 9.52. The Balaban J connectivity index is 1.25. The molecule has 2 aliphatic rings. The molecule has 59 heavy (non-hydrogen) atoms. The summed E-state index contributed by atoms with van der Waals surface area (Å²) < 4.78 is 0. The van der Waals surface area contributed by atoms with Crippen molar-refractivity contribution in [2.24, 2.45) is 0 Å². The van der Waals surface area contributed by atoms with Crippen LogP contribution in [0, 0.1) is 0 Å². The molecule has 9 aromatic rings. The van der Waals surface area contributed by atoms with E-state index in [1.165, 1.54) is 88.7 Å². The molecule has 11 rings (SSSR count). The van der Waals surface area contributed by atoms with Crippen LogP contribution in [0.25, 0.3) is 66.4 Å². The molecule has 0 fully saturated rings. The Hall–Kier alpha value is -6.96. The number of anilines is 3. The molecule has 0 aliphatic heterocycles. The van der Waals surface area contributed by atoms with Gasteiger partial charge in [-0.2, -0.15) is 0 Å². The molecular weight excluding hydrogens is 711 g/mol. The number of rotatable bonds is 6. The predicted octanol–water partition coefficient (Wildman–Crippen LogP) is 15.9. The third-order valence-corrected chi connectivity index (χ3v) is 13.2. The topological polar surface area (TPSA) is 3.24 Å². The molecule has 1 heteroatoms. The average molecular weight is 756 g/mol. The summed E-state index contributed by atoms with van der Waals surface area (Å²) in [6, 6.07) is 74.6. The van der Waals surface area contributed by atoms with Crippen LogP contribution in [0.4, 0.5) is 17.1 Å². The van der Waals surface area contributed by atoms with Crippen molar-refractivity contribution in [3.05, 3.63) is 222 Å². The molecule has 282 valence electrons. The molecule has 0 spiro atoms. The number of hydrogen-bond acceptors (Lipinski definition) is 1. The Labute approximate surface area is 347 Å². The highest BCUT2D eigenvalue weighted by Crippen LogP contribution is 2.55.